The fraction of sp³-hybridized carbons (Fsp3) is 0.0667. The lowest BCUT2D eigenvalue weighted by atomic mass is 10.1. The molecule has 19 heavy (non-hydrogen) atoms. The SMILES string of the molecule is CSc1cccc(/C=C\c2ccc([N+](=O)[O-])cc2)c1. The van der Waals surface area contributed by atoms with Crippen molar-refractivity contribution in [1.82, 2.24) is 0 Å². The largest absolute Gasteiger partial charge is 0.269 e. The molecule has 0 saturated carbocycles. The van der Waals surface area contributed by atoms with Gasteiger partial charge in [-0.15, -0.1) is 11.8 Å². The van der Waals surface area contributed by atoms with Gasteiger partial charge in [-0.3, -0.25) is 10.1 Å². The molecule has 96 valence electrons. The summed E-state index contributed by atoms with van der Waals surface area (Å²) < 4.78 is 0. The zero-order valence-electron chi connectivity index (χ0n) is 10.4. The first-order valence-electron chi connectivity index (χ1n) is 5.75. The molecule has 0 saturated heterocycles. The molecule has 0 unspecified atom stereocenters. The summed E-state index contributed by atoms with van der Waals surface area (Å²) in [6.07, 6.45) is 5.99. The van der Waals surface area contributed by atoms with E-state index in [0.29, 0.717) is 0 Å². The van der Waals surface area contributed by atoms with E-state index in [9.17, 15) is 10.1 Å². The van der Waals surface area contributed by atoms with Gasteiger partial charge in [0.15, 0.2) is 0 Å². The van der Waals surface area contributed by atoms with Crippen molar-refractivity contribution in [1.29, 1.82) is 0 Å². The molecule has 4 heteroatoms. The predicted molar refractivity (Wildman–Crippen MR) is 80.2 cm³/mol. The molecule has 0 N–H and O–H groups in total. The van der Waals surface area contributed by atoms with Gasteiger partial charge in [0.1, 0.15) is 0 Å². The van der Waals surface area contributed by atoms with Gasteiger partial charge in [0, 0.05) is 17.0 Å². The Kier molecular flexibility index (Phi) is 4.36. The number of nitrogens with zero attached hydrogens (tertiary/aromatic N) is 1. The van der Waals surface area contributed by atoms with E-state index >= 15 is 0 Å². The van der Waals surface area contributed by atoms with Crippen LogP contribution in [0.5, 0.6) is 0 Å². The summed E-state index contributed by atoms with van der Waals surface area (Å²) in [6.45, 7) is 0. The first-order chi connectivity index (χ1) is 9.19. The maximum absolute atomic E-state index is 10.5. The van der Waals surface area contributed by atoms with Crippen molar-refractivity contribution >= 4 is 29.6 Å². The Morgan fingerprint density at radius 3 is 2.37 bits per heavy atom. The summed E-state index contributed by atoms with van der Waals surface area (Å²) >= 11 is 1.70. The summed E-state index contributed by atoms with van der Waals surface area (Å²) in [5.74, 6) is 0. The molecule has 3 nitrogen and oxygen atoms in total. The quantitative estimate of drug-likeness (QED) is 0.356. The second-order valence-electron chi connectivity index (χ2n) is 3.96. The number of thioether (sulfide) groups is 1. The van der Waals surface area contributed by atoms with Gasteiger partial charge in [-0.25, -0.2) is 0 Å². The molecule has 0 aliphatic heterocycles. The molecule has 0 spiro atoms. The fourth-order valence-corrected chi connectivity index (χ4v) is 2.11. The molecule has 0 bridgehead atoms. The van der Waals surface area contributed by atoms with Gasteiger partial charge in [-0.05, 0) is 41.6 Å². The van der Waals surface area contributed by atoms with Crippen molar-refractivity contribution in [3.63, 3.8) is 0 Å². The molecule has 0 amide bonds. The fourth-order valence-electron chi connectivity index (χ4n) is 1.64. The highest BCUT2D eigenvalue weighted by atomic mass is 32.2. The smallest absolute Gasteiger partial charge is 0.258 e. The third kappa shape index (κ3) is 3.69. The summed E-state index contributed by atoms with van der Waals surface area (Å²) in [6, 6.07) is 14.7. The first kappa shape index (κ1) is 13.4. The van der Waals surface area contributed by atoms with Crippen molar-refractivity contribution < 1.29 is 4.92 Å². The Labute approximate surface area is 116 Å². The van der Waals surface area contributed by atoms with Crippen LogP contribution in [-0.4, -0.2) is 11.2 Å². The molecule has 0 aliphatic carbocycles. The third-order valence-electron chi connectivity index (χ3n) is 2.67. The van der Waals surface area contributed by atoms with Crippen LogP contribution in [0, 0.1) is 10.1 Å². The molecule has 0 aliphatic rings. The lowest BCUT2D eigenvalue weighted by molar-refractivity contribution is -0.384. The van der Waals surface area contributed by atoms with Crippen LogP contribution in [0.4, 0.5) is 5.69 Å². The minimum Gasteiger partial charge on any atom is -0.258 e. The van der Waals surface area contributed by atoms with Gasteiger partial charge < -0.3 is 0 Å². The van der Waals surface area contributed by atoms with Gasteiger partial charge in [-0.1, -0.05) is 24.3 Å². The first-order valence-corrected chi connectivity index (χ1v) is 6.98. The third-order valence-corrected chi connectivity index (χ3v) is 3.39. The highest BCUT2D eigenvalue weighted by Gasteiger charge is 2.02. The average Bonchev–Trinajstić information content (AvgIpc) is 2.46. The van der Waals surface area contributed by atoms with Gasteiger partial charge in [0.2, 0.25) is 0 Å². The highest BCUT2D eigenvalue weighted by Crippen LogP contribution is 2.18. The van der Waals surface area contributed by atoms with Crippen LogP contribution >= 0.6 is 11.8 Å². The van der Waals surface area contributed by atoms with Crippen LogP contribution in [0.25, 0.3) is 12.2 Å². The van der Waals surface area contributed by atoms with Crippen LogP contribution < -0.4 is 0 Å². The number of nitro groups is 1. The Bertz CT molecular complexity index is 606. The predicted octanol–water partition coefficient (Wildman–Crippen LogP) is 4.49. The minimum atomic E-state index is -0.393. The molecule has 0 aromatic heterocycles. The van der Waals surface area contributed by atoms with Crippen molar-refractivity contribution in [2.45, 2.75) is 4.90 Å². The standard InChI is InChI=1S/C15H13NO2S/c1-19-15-4-2-3-13(11-15)6-5-12-7-9-14(10-8-12)16(17)18/h2-11H,1H3/b6-5-. The summed E-state index contributed by atoms with van der Waals surface area (Å²) in [5.41, 5.74) is 2.17. The Morgan fingerprint density at radius 2 is 1.74 bits per heavy atom. The van der Waals surface area contributed by atoms with E-state index in [2.05, 4.69) is 12.1 Å². The summed E-state index contributed by atoms with van der Waals surface area (Å²) in [7, 11) is 0. The topological polar surface area (TPSA) is 43.1 Å². The molecule has 2 aromatic rings. The van der Waals surface area contributed by atoms with E-state index in [0.717, 1.165) is 11.1 Å². The zero-order valence-corrected chi connectivity index (χ0v) is 11.3. The van der Waals surface area contributed by atoms with Crippen molar-refractivity contribution in [2.75, 3.05) is 6.26 Å². The van der Waals surface area contributed by atoms with E-state index in [4.69, 9.17) is 0 Å². The lowest BCUT2D eigenvalue weighted by Gasteiger charge is -1.98. The lowest BCUT2D eigenvalue weighted by Crippen LogP contribution is -1.86. The zero-order chi connectivity index (χ0) is 13.7. The maximum Gasteiger partial charge on any atom is 0.269 e. The molecule has 2 aromatic carbocycles. The van der Waals surface area contributed by atoms with Gasteiger partial charge >= 0.3 is 0 Å². The van der Waals surface area contributed by atoms with Crippen LogP contribution in [0.3, 0.4) is 0 Å². The average molecular weight is 271 g/mol. The molecule has 0 radical (unpaired) electrons. The second kappa shape index (κ2) is 6.20. The van der Waals surface area contributed by atoms with Gasteiger partial charge in [0.25, 0.3) is 5.69 Å². The number of nitro benzene ring substituents is 1. The molecule has 0 fully saturated rings. The summed E-state index contributed by atoms with van der Waals surface area (Å²) in [4.78, 5) is 11.4. The minimum absolute atomic E-state index is 0.113. The van der Waals surface area contributed by atoms with E-state index in [1.54, 1.807) is 23.9 Å². The van der Waals surface area contributed by atoms with Crippen LogP contribution in [0.2, 0.25) is 0 Å². The van der Waals surface area contributed by atoms with E-state index < -0.39 is 4.92 Å². The van der Waals surface area contributed by atoms with Crippen molar-refractivity contribution in [3.8, 4) is 0 Å². The number of hydrogen-bond donors (Lipinski definition) is 0. The van der Waals surface area contributed by atoms with E-state index in [1.165, 1.54) is 17.0 Å². The normalized spacial score (nSPS) is 10.8. The number of benzene rings is 2. The molecule has 2 rings (SSSR count). The van der Waals surface area contributed by atoms with Crippen LogP contribution in [0.15, 0.2) is 53.4 Å². The monoisotopic (exact) mass is 271 g/mol. The Balaban J connectivity index is 2.15. The number of rotatable bonds is 4. The second-order valence-corrected chi connectivity index (χ2v) is 4.84. The van der Waals surface area contributed by atoms with Crippen LogP contribution in [-0.2, 0) is 0 Å². The van der Waals surface area contributed by atoms with Gasteiger partial charge in [0.05, 0.1) is 4.92 Å². The van der Waals surface area contributed by atoms with Crippen molar-refractivity contribution in [2.24, 2.45) is 0 Å². The highest BCUT2D eigenvalue weighted by molar-refractivity contribution is 7.98. The summed E-state index contributed by atoms with van der Waals surface area (Å²) in [5, 5.41) is 10.5. The maximum atomic E-state index is 10.5. The Morgan fingerprint density at radius 1 is 1.05 bits per heavy atom. The molecular weight excluding hydrogens is 258 g/mol. The van der Waals surface area contributed by atoms with E-state index in [1.807, 2.05) is 30.5 Å². The molecule has 0 heterocycles. The molecule has 0 atom stereocenters. The van der Waals surface area contributed by atoms with Crippen LogP contribution in [0.1, 0.15) is 11.1 Å². The van der Waals surface area contributed by atoms with Gasteiger partial charge in [-0.2, -0.15) is 0 Å². The molecular formula is C15H13NO2S. The number of non-ortho nitro benzene ring substituents is 1. The van der Waals surface area contributed by atoms with E-state index in [-0.39, 0.29) is 5.69 Å². The number of hydrogen-bond acceptors (Lipinski definition) is 3. The van der Waals surface area contributed by atoms with Crippen molar-refractivity contribution in [3.05, 3.63) is 69.8 Å². The Hall–Kier alpha value is -2.07.